The van der Waals surface area contributed by atoms with Gasteiger partial charge in [0.05, 0.1) is 5.41 Å². The molecule has 0 unspecified atom stereocenters. The highest BCUT2D eigenvalue weighted by molar-refractivity contribution is 5.99. The van der Waals surface area contributed by atoms with Gasteiger partial charge in [-0.05, 0) is 62.2 Å². The largest absolute Gasteiger partial charge is 0.508 e. The van der Waals surface area contributed by atoms with Crippen LogP contribution in [0.4, 0.5) is 11.4 Å². The third kappa shape index (κ3) is 3.16. The number of phenols is 1. The van der Waals surface area contributed by atoms with Crippen LogP contribution in [0.5, 0.6) is 5.75 Å². The summed E-state index contributed by atoms with van der Waals surface area (Å²) in [5.41, 5.74) is 8.07. The van der Waals surface area contributed by atoms with E-state index in [2.05, 4.69) is 5.32 Å². The summed E-state index contributed by atoms with van der Waals surface area (Å²) in [5, 5.41) is 12.3. The summed E-state index contributed by atoms with van der Waals surface area (Å²) in [5.74, 6) is 0.0735. The highest BCUT2D eigenvalue weighted by atomic mass is 16.3. The molecule has 0 heterocycles. The fourth-order valence-corrected chi connectivity index (χ4v) is 2.10. The molecule has 0 atom stereocenters. The van der Waals surface area contributed by atoms with Gasteiger partial charge in [0.2, 0.25) is 5.91 Å². The Morgan fingerprint density at radius 3 is 2.33 bits per heavy atom. The Balaban J connectivity index is 2.24. The molecule has 0 aromatic heterocycles. The Morgan fingerprint density at radius 2 is 1.76 bits per heavy atom. The van der Waals surface area contributed by atoms with Gasteiger partial charge in [0.1, 0.15) is 5.75 Å². The number of carbonyl (C=O) groups is 1. The molecule has 2 aromatic rings. The van der Waals surface area contributed by atoms with E-state index in [4.69, 9.17) is 5.73 Å². The van der Waals surface area contributed by atoms with Gasteiger partial charge in [-0.15, -0.1) is 0 Å². The second kappa shape index (κ2) is 5.48. The van der Waals surface area contributed by atoms with Crippen LogP contribution in [-0.2, 0) is 10.2 Å². The summed E-state index contributed by atoms with van der Waals surface area (Å²) in [7, 11) is 0. The van der Waals surface area contributed by atoms with Crippen molar-refractivity contribution in [3.05, 3.63) is 53.6 Å². The summed E-state index contributed by atoms with van der Waals surface area (Å²) in [6.07, 6.45) is 0. The Morgan fingerprint density at radius 1 is 1.14 bits per heavy atom. The summed E-state index contributed by atoms with van der Waals surface area (Å²) in [6, 6.07) is 12.2. The van der Waals surface area contributed by atoms with Crippen molar-refractivity contribution in [3.63, 3.8) is 0 Å². The normalized spacial score (nSPS) is 11.2. The molecular weight excluding hydrogens is 264 g/mol. The Hall–Kier alpha value is -2.49. The molecule has 4 N–H and O–H groups in total. The Labute approximate surface area is 124 Å². The second-order valence-electron chi connectivity index (χ2n) is 5.70. The number of amides is 1. The van der Waals surface area contributed by atoms with Crippen LogP contribution in [0.2, 0.25) is 0 Å². The number of aryl methyl sites for hydroxylation is 1. The van der Waals surface area contributed by atoms with E-state index < -0.39 is 5.41 Å². The minimum Gasteiger partial charge on any atom is -0.508 e. The van der Waals surface area contributed by atoms with Crippen molar-refractivity contribution in [2.45, 2.75) is 26.2 Å². The number of nitrogens with one attached hydrogen (secondary N) is 1. The first-order valence-corrected chi connectivity index (χ1v) is 6.78. The number of nitrogen functional groups attached to an aromatic ring is 1. The minimum absolute atomic E-state index is 0.110. The van der Waals surface area contributed by atoms with Gasteiger partial charge >= 0.3 is 0 Å². The topological polar surface area (TPSA) is 75.3 Å². The van der Waals surface area contributed by atoms with Gasteiger partial charge in [-0.3, -0.25) is 4.79 Å². The highest BCUT2D eigenvalue weighted by Crippen LogP contribution is 2.27. The molecule has 0 saturated heterocycles. The molecule has 0 radical (unpaired) electrons. The van der Waals surface area contributed by atoms with Crippen molar-refractivity contribution in [2.24, 2.45) is 0 Å². The third-order valence-corrected chi connectivity index (χ3v) is 3.66. The first-order chi connectivity index (χ1) is 9.80. The van der Waals surface area contributed by atoms with Crippen LogP contribution < -0.4 is 11.1 Å². The number of anilines is 2. The standard InChI is InChI=1S/C17H20N2O2/c1-11-10-14(20)8-9-15(11)19-16(21)17(2,3)12-4-6-13(18)7-5-12/h4-10,20H,18H2,1-3H3,(H,19,21). The average Bonchev–Trinajstić information content (AvgIpc) is 2.42. The lowest BCUT2D eigenvalue weighted by molar-refractivity contribution is -0.120. The van der Waals surface area contributed by atoms with Crippen LogP contribution in [-0.4, -0.2) is 11.0 Å². The first-order valence-electron chi connectivity index (χ1n) is 6.78. The summed E-state index contributed by atoms with van der Waals surface area (Å²) in [6.45, 7) is 5.57. The van der Waals surface area contributed by atoms with Gasteiger partial charge in [-0.2, -0.15) is 0 Å². The van der Waals surface area contributed by atoms with E-state index in [1.165, 1.54) is 0 Å². The SMILES string of the molecule is Cc1cc(O)ccc1NC(=O)C(C)(C)c1ccc(N)cc1. The number of hydrogen-bond acceptors (Lipinski definition) is 3. The zero-order valence-electron chi connectivity index (χ0n) is 12.5. The van der Waals surface area contributed by atoms with Crippen molar-refractivity contribution >= 4 is 17.3 Å². The number of rotatable bonds is 3. The van der Waals surface area contributed by atoms with E-state index in [0.717, 1.165) is 11.1 Å². The van der Waals surface area contributed by atoms with Gasteiger partial charge < -0.3 is 16.2 Å². The number of carbonyl (C=O) groups excluding carboxylic acids is 1. The van der Waals surface area contributed by atoms with Crippen LogP contribution >= 0.6 is 0 Å². The van der Waals surface area contributed by atoms with Crippen LogP contribution in [0, 0.1) is 6.92 Å². The zero-order chi connectivity index (χ0) is 15.6. The van der Waals surface area contributed by atoms with Gasteiger partial charge in [-0.25, -0.2) is 0 Å². The lowest BCUT2D eigenvalue weighted by Gasteiger charge is -2.25. The zero-order valence-corrected chi connectivity index (χ0v) is 12.5. The van der Waals surface area contributed by atoms with Gasteiger partial charge in [-0.1, -0.05) is 12.1 Å². The summed E-state index contributed by atoms with van der Waals surface area (Å²) >= 11 is 0. The number of phenolic OH excluding ortho intramolecular Hbond substituents is 1. The van der Waals surface area contributed by atoms with Crippen molar-refractivity contribution in [3.8, 4) is 5.75 Å². The van der Waals surface area contributed by atoms with Crippen LogP contribution in [0.3, 0.4) is 0 Å². The molecule has 0 bridgehead atoms. The molecular formula is C17H20N2O2. The van der Waals surface area contributed by atoms with E-state index >= 15 is 0 Å². The third-order valence-electron chi connectivity index (χ3n) is 3.66. The molecule has 2 rings (SSSR count). The lowest BCUT2D eigenvalue weighted by atomic mass is 9.83. The smallest absolute Gasteiger partial charge is 0.234 e. The van der Waals surface area contributed by atoms with Crippen LogP contribution in [0.1, 0.15) is 25.0 Å². The second-order valence-corrected chi connectivity index (χ2v) is 5.70. The predicted octanol–water partition coefficient (Wildman–Crippen LogP) is 3.20. The average molecular weight is 284 g/mol. The maximum Gasteiger partial charge on any atom is 0.234 e. The van der Waals surface area contributed by atoms with E-state index in [0.29, 0.717) is 11.4 Å². The molecule has 21 heavy (non-hydrogen) atoms. The van der Waals surface area contributed by atoms with Crippen molar-refractivity contribution in [2.75, 3.05) is 11.1 Å². The molecule has 4 nitrogen and oxygen atoms in total. The molecule has 0 aliphatic carbocycles. The van der Waals surface area contributed by atoms with Crippen molar-refractivity contribution in [1.29, 1.82) is 0 Å². The molecule has 2 aromatic carbocycles. The molecule has 1 amide bonds. The maximum atomic E-state index is 12.6. The number of aromatic hydroxyl groups is 1. The van der Waals surface area contributed by atoms with Gasteiger partial charge in [0, 0.05) is 11.4 Å². The fraction of sp³-hybridized carbons (Fsp3) is 0.235. The minimum atomic E-state index is -0.683. The molecule has 0 saturated carbocycles. The quantitative estimate of drug-likeness (QED) is 0.598. The fourth-order valence-electron chi connectivity index (χ4n) is 2.10. The van der Waals surface area contributed by atoms with Crippen molar-refractivity contribution < 1.29 is 9.90 Å². The summed E-state index contributed by atoms with van der Waals surface area (Å²) < 4.78 is 0. The maximum absolute atomic E-state index is 12.6. The van der Waals surface area contributed by atoms with E-state index in [1.54, 1.807) is 30.3 Å². The molecule has 4 heteroatoms. The van der Waals surface area contributed by atoms with Gasteiger partial charge in [0.25, 0.3) is 0 Å². The predicted molar refractivity (Wildman–Crippen MR) is 85.4 cm³/mol. The summed E-state index contributed by atoms with van der Waals surface area (Å²) in [4.78, 5) is 12.6. The van der Waals surface area contributed by atoms with Crippen LogP contribution in [0.15, 0.2) is 42.5 Å². The first kappa shape index (κ1) is 14.9. The number of hydrogen-bond donors (Lipinski definition) is 3. The van der Waals surface area contributed by atoms with E-state index in [9.17, 15) is 9.90 Å². The number of benzene rings is 2. The monoisotopic (exact) mass is 284 g/mol. The molecule has 0 aliphatic rings. The van der Waals surface area contributed by atoms with E-state index in [-0.39, 0.29) is 11.7 Å². The lowest BCUT2D eigenvalue weighted by Crippen LogP contribution is -2.34. The highest BCUT2D eigenvalue weighted by Gasteiger charge is 2.30. The number of nitrogens with two attached hydrogens (primary N) is 1. The van der Waals surface area contributed by atoms with E-state index in [1.807, 2.05) is 32.9 Å². The van der Waals surface area contributed by atoms with Gasteiger partial charge in [0.15, 0.2) is 0 Å². The molecule has 0 spiro atoms. The van der Waals surface area contributed by atoms with Crippen LogP contribution in [0.25, 0.3) is 0 Å². The van der Waals surface area contributed by atoms with Crippen molar-refractivity contribution in [1.82, 2.24) is 0 Å². The Kier molecular flexibility index (Phi) is 3.89. The molecule has 110 valence electrons. The molecule has 0 aliphatic heterocycles. The Bertz CT molecular complexity index is 661. The molecule has 0 fully saturated rings.